The Balaban J connectivity index is 2.05. The molecule has 0 saturated carbocycles. The first-order valence-corrected chi connectivity index (χ1v) is 7.94. The molecular weight excluding hydrogens is 234 g/mol. The van der Waals surface area contributed by atoms with E-state index >= 15 is 0 Å². The standard InChI is InChI=1S/C13H25NO2S/c1-2-4-13(15,9-14)11-3-6-16-12(8-11)5-7-17-10-12/h11,15H,2-10,14H2,1H3. The molecule has 1 spiro atoms. The molecular formula is C13H25NO2S. The highest BCUT2D eigenvalue weighted by atomic mass is 32.2. The van der Waals surface area contributed by atoms with Crippen molar-refractivity contribution in [2.24, 2.45) is 11.7 Å². The molecule has 2 fully saturated rings. The first-order valence-electron chi connectivity index (χ1n) is 6.78. The maximum atomic E-state index is 10.7. The van der Waals surface area contributed by atoms with Crippen molar-refractivity contribution < 1.29 is 9.84 Å². The number of nitrogens with two attached hydrogens (primary N) is 1. The van der Waals surface area contributed by atoms with Crippen molar-refractivity contribution in [3.8, 4) is 0 Å². The van der Waals surface area contributed by atoms with E-state index in [0.717, 1.165) is 44.5 Å². The number of aliphatic hydroxyl groups is 1. The molecule has 0 aromatic carbocycles. The smallest absolute Gasteiger partial charge is 0.0799 e. The van der Waals surface area contributed by atoms with Crippen LogP contribution in [0.25, 0.3) is 0 Å². The Bertz CT molecular complexity index is 256. The van der Waals surface area contributed by atoms with Gasteiger partial charge in [0.05, 0.1) is 11.2 Å². The molecule has 2 aliphatic rings. The largest absolute Gasteiger partial charge is 0.388 e. The minimum Gasteiger partial charge on any atom is -0.388 e. The predicted molar refractivity (Wildman–Crippen MR) is 72.3 cm³/mol. The summed E-state index contributed by atoms with van der Waals surface area (Å²) in [6.07, 6.45) is 4.90. The second-order valence-corrected chi connectivity index (χ2v) is 6.69. The van der Waals surface area contributed by atoms with Gasteiger partial charge in [-0.25, -0.2) is 0 Å². The van der Waals surface area contributed by atoms with E-state index in [1.807, 2.05) is 11.8 Å². The van der Waals surface area contributed by atoms with Gasteiger partial charge < -0.3 is 15.6 Å². The summed E-state index contributed by atoms with van der Waals surface area (Å²) < 4.78 is 6.00. The quantitative estimate of drug-likeness (QED) is 0.808. The van der Waals surface area contributed by atoms with Gasteiger partial charge in [0, 0.05) is 18.9 Å². The van der Waals surface area contributed by atoms with Crippen molar-refractivity contribution in [1.29, 1.82) is 0 Å². The molecule has 0 aliphatic carbocycles. The van der Waals surface area contributed by atoms with Crippen molar-refractivity contribution in [3.05, 3.63) is 0 Å². The molecule has 3 nitrogen and oxygen atoms in total. The van der Waals surface area contributed by atoms with E-state index in [9.17, 15) is 5.11 Å². The molecule has 0 aromatic rings. The lowest BCUT2D eigenvalue weighted by molar-refractivity contribution is -0.131. The van der Waals surface area contributed by atoms with Gasteiger partial charge >= 0.3 is 0 Å². The van der Waals surface area contributed by atoms with Gasteiger partial charge in [0.25, 0.3) is 0 Å². The maximum absolute atomic E-state index is 10.7. The first kappa shape index (κ1) is 13.7. The van der Waals surface area contributed by atoms with Crippen LogP contribution >= 0.6 is 11.8 Å². The van der Waals surface area contributed by atoms with E-state index in [1.165, 1.54) is 5.75 Å². The van der Waals surface area contributed by atoms with Gasteiger partial charge in [-0.3, -0.25) is 0 Å². The zero-order valence-electron chi connectivity index (χ0n) is 10.8. The third kappa shape index (κ3) is 2.80. The average Bonchev–Trinajstić information content (AvgIpc) is 2.77. The number of rotatable bonds is 4. The second kappa shape index (κ2) is 5.47. The highest BCUT2D eigenvalue weighted by Crippen LogP contribution is 2.44. The van der Waals surface area contributed by atoms with Gasteiger partial charge in [0.15, 0.2) is 0 Å². The molecule has 3 N–H and O–H groups in total. The first-order chi connectivity index (χ1) is 8.14. The lowest BCUT2D eigenvalue weighted by Gasteiger charge is -2.44. The van der Waals surface area contributed by atoms with E-state index in [-0.39, 0.29) is 5.60 Å². The summed E-state index contributed by atoms with van der Waals surface area (Å²) in [5, 5.41) is 10.7. The minimum atomic E-state index is -0.668. The van der Waals surface area contributed by atoms with Gasteiger partial charge in [0.2, 0.25) is 0 Å². The molecule has 4 heteroatoms. The van der Waals surface area contributed by atoms with E-state index in [1.54, 1.807) is 0 Å². The van der Waals surface area contributed by atoms with Crippen molar-refractivity contribution in [2.45, 2.75) is 50.2 Å². The van der Waals surface area contributed by atoms with Crippen LogP contribution in [0.1, 0.15) is 39.0 Å². The average molecular weight is 259 g/mol. The van der Waals surface area contributed by atoms with Crippen molar-refractivity contribution in [1.82, 2.24) is 0 Å². The topological polar surface area (TPSA) is 55.5 Å². The molecule has 3 unspecified atom stereocenters. The Labute approximate surface area is 108 Å². The maximum Gasteiger partial charge on any atom is 0.0799 e. The van der Waals surface area contributed by atoms with Crippen LogP contribution < -0.4 is 5.73 Å². The summed E-state index contributed by atoms with van der Waals surface area (Å²) in [5.41, 5.74) is 5.19. The lowest BCUT2D eigenvalue weighted by Crippen LogP contribution is -2.52. The fourth-order valence-electron chi connectivity index (χ4n) is 3.26. The molecule has 2 aliphatic heterocycles. The number of hydrogen-bond donors (Lipinski definition) is 2. The minimum absolute atomic E-state index is 0.0461. The van der Waals surface area contributed by atoms with Crippen LogP contribution in [-0.4, -0.2) is 41.0 Å². The Hall–Kier alpha value is 0.230. The van der Waals surface area contributed by atoms with Crippen LogP contribution in [0.2, 0.25) is 0 Å². The fourth-order valence-corrected chi connectivity index (χ4v) is 4.63. The second-order valence-electron chi connectivity index (χ2n) is 5.58. The van der Waals surface area contributed by atoms with Gasteiger partial charge in [-0.1, -0.05) is 13.3 Å². The van der Waals surface area contributed by atoms with Crippen LogP contribution in [0.4, 0.5) is 0 Å². The van der Waals surface area contributed by atoms with E-state index in [2.05, 4.69) is 6.92 Å². The van der Waals surface area contributed by atoms with Gasteiger partial charge in [0.1, 0.15) is 0 Å². The molecule has 0 bridgehead atoms. The van der Waals surface area contributed by atoms with E-state index in [0.29, 0.717) is 12.5 Å². The highest BCUT2D eigenvalue weighted by molar-refractivity contribution is 7.99. The lowest BCUT2D eigenvalue weighted by atomic mass is 9.73. The van der Waals surface area contributed by atoms with E-state index < -0.39 is 5.60 Å². The van der Waals surface area contributed by atoms with Crippen molar-refractivity contribution in [2.75, 3.05) is 24.7 Å². The molecule has 0 radical (unpaired) electrons. The molecule has 3 atom stereocenters. The van der Waals surface area contributed by atoms with Gasteiger partial charge in [-0.05, 0) is 37.4 Å². The van der Waals surface area contributed by atoms with Crippen LogP contribution in [-0.2, 0) is 4.74 Å². The van der Waals surface area contributed by atoms with Crippen molar-refractivity contribution in [3.63, 3.8) is 0 Å². The number of thioether (sulfide) groups is 1. The summed E-state index contributed by atoms with van der Waals surface area (Å²) >= 11 is 1.98. The zero-order chi connectivity index (χ0) is 12.4. The normalized spacial score (nSPS) is 37.2. The summed E-state index contributed by atoms with van der Waals surface area (Å²) in [6.45, 7) is 3.28. The number of hydrogen-bond acceptors (Lipinski definition) is 4. The van der Waals surface area contributed by atoms with E-state index in [4.69, 9.17) is 10.5 Å². The highest BCUT2D eigenvalue weighted by Gasteiger charge is 2.46. The Morgan fingerprint density at radius 3 is 3.00 bits per heavy atom. The monoisotopic (exact) mass is 259 g/mol. The van der Waals surface area contributed by atoms with Crippen LogP contribution in [0.3, 0.4) is 0 Å². The number of ether oxygens (including phenoxy) is 1. The van der Waals surface area contributed by atoms with Crippen LogP contribution in [0.5, 0.6) is 0 Å². The predicted octanol–water partition coefficient (Wildman–Crippen LogP) is 1.78. The SMILES string of the molecule is CCCC(O)(CN)C1CCOC2(CCSC2)C1. The third-order valence-electron chi connectivity index (χ3n) is 4.36. The Morgan fingerprint density at radius 2 is 2.41 bits per heavy atom. The Morgan fingerprint density at radius 1 is 1.59 bits per heavy atom. The molecule has 2 saturated heterocycles. The molecule has 17 heavy (non-hydrogen) atoms. The molecule has 0 amide bonds. The summed E-state index contributed by atoms with van der Waals surface area (Å²) in [4.78, 5) is 0. The van der Waals surface area contributed by atoms with Gasteiger partial charge in [-0.2, -0.15) is 11.8 Å². The van der Waals surface area contributed by atoms with Crippen LogP contribution in [0, 0.1) is 5.92 Å². The molecule has 2 rings (SSSR count). The Kier molecular flexibility index (Phi) is 4.40. The molecule has 0 aromatic heterocycles. The molecule has 100 valence electrons. The summed E-state index contributed by atoms with van der Waals surface area (Å²) in [5.74, 6) is 2.61. The van der Waals surface area contributed by atoms with Gasteiger partial charge in [-0.15, -0.1) is 0 Å². The summed E-state index contributed by atoms with van der Waals surface area (Å²) in [7, 11) is 0. The zero-order valence-corrected chi connectivity index (χ0v) is 11.6. The summed E-state index contributed by atoms with van der Waals surface area (Å²) in [6, 6.07) is 0. The fraction of sp³-hybridized carbons (Fsp3) is 1.00. The van der Waals surface area contributed by atoms with Crippen molar-refractivity contribution >= 4 is 11.8 Å². The molecule has 2 heterocycles. The van der Waals surface area contributed by atoms with Crippen LogP contribution in [0.15, 0.2) is 0 Å². The third-order valence-corrected chi connectivity index (χ3v) is 5.58.